The SMILES string of the molecule is CN(C(=O)c1cc2cc(F)c(F)cc2[nH]1)[C@@H]1COC(O)c2[nH]c(=O)c3cc(F)c(F)cc3c21. The maximum Gasteiger partial charge on any atom is 0.270 e. The Balaban J connectivity index is 1.63. The summed E-state index contributed by atoms with van der Waals surface area (Å²) in [6, 6.07) is 3.87. The summed E-state index contributed by atoms with van der Waals surface area (Å²) in [6.07, 6.45) is -1.55. The molecule has 0 saturated carbocycles. The van der Waals surface area contributed by atoms with E-state index >= 15 is 0 Å². The van der Waals surface area contributed by atoms with Crippen molar-refractivity contribution in [3.63, 3.8) is 0 Å². The highest BCUT2D eigenvalue weighted by Crippen LogP contribution is 2.37. The molecule has 0 bridgehead atoms. The number of carbonyl (C=O) groups is 1. The number of hydrogen-bond donors (Lipinski definition) is 3. The van der Waals surface area contributed by atoms with Crippen LogP contribution in [0, 0.1) is 23.3 Å². The van der Waals surface area contributed by atoms with Crippen LogP contribution >= 0.6 is 0 Å². The highest BCUT2D eigenvalue weighted by Gasteiger charge is 2.35. The smallest absolute Gasteiger partial charge is 0.270 e. The topological polar surface area (TPSA) is 98.4 Å². The van der Waals surface area contributed by atoms with Crippen molar-refractivity contribution in [2.24, 2.45) is 0 Å². The molecule has 5 rings (SSSR count). The van der Waals surface area contributed by atoms with Crippen molar-refractivity contribution >= 4 is 27.6 Å². The van der Waals surface area contributed by atoms with E-state index in [4.69, 9.17) is 4.74 Å². The maximum absolute atomic E-state index is 14.1. The third-order valence-corrected chi connectivity index (χ3v) is 5.81. The number of H-pyrrole nitrogens is 2. The highest BCUT2D eigenvalue weighted by molar-refractivity contribution is 5.98. The summed E-state index contributed by atoms with van der Waals surface area (Å²) in [4.78, 5) is 31.9. The zero-order valence-electron chi connectivity index (χ0n) is 16.9. The Morgan fingerprint density at radius 3 is 2.36 bits per heavy atom. The van der Waals surface area contributed by atoms with Crippen LogP contribution < -0.4 is 5.56 Å². The van der Waals surface area contributed by atoms with E-state index in [-0.39, 0.29) is 45.2 Å². The van der Waals surface area contributed by atoms with Crippen molar-refractivity contribution in [3.05, 3.63) is 80.9 Å². The van der Waals surface area contributed by atoms with Gasteiger partial charge < -0.3 is 24.7 Å². The predicted octanol–water partition coefficient (Wildman–Crippen LogP) is 3.40. The number of aliphatic hydroxyl groups excluding tert-OH is 1. The summed E-state index contributed by atoms with van der Waals surface area (Å²) in [5.41, 5.74) is -0.453. The number of rotatable bonds is 2. The maximum atomic E-state index is 14.1. The average Bonchev–Trinajstić information content (AvgIpc) is 3.18. The van der Waals surface area contributed by atoms with Gasteiger partial charge in [-0.05, 0) is 29.7 Å². The standard InChI is InChI=1S/C22H15F4N3O4/c1-29(21(31)16-3-8-2-11(23)14(26)6-15(8)27-16)17-7-33-22(32)19-18(17)9-4-12(24)13(25)5-10(9)20(30)28-19/h2-6,17,22,27,32H,7H2,1H3,(H,28,30)/t17-,22?/m1/s1. The minimum atomic E-state index is -1.55. The molecule has 0 fully saturated rings. The van der Waals surface area contributed by atoms with Gasteiger partial charge in [0.2, 0.25) is 0 Å². The minimum absolute atomic E-state index is 0.0103. The first-order valence-electron chi connectivity index (χ1n) is 9.75. The Hall–Kier alpha value is -3.70. The van der Waals surface area contributed by atoms with Crippen LogP contribution in [-0.2, 0) is 4.74 Å². The molecule has 0 spiro atoms. The number of hydrogen-bond acceptors (Lipinski definition) is 4. The number of carbonyl (C=O) groups excluding carboxylic acids is 1. The van der Waals surface area contributed by atoms with Gasteiger partial charge in [-0.25, -0.2) is 17.6 Å². The van der Waals surface area contributed by atoms with Crippen molar-refractivity contribution in [2.45, 2.75) is 12.3 Å². The zero-order valence-corrected chi connectivity index (χ0v) is 16.9. The Labute approximate surface area is 182 Å². The van der Waals surface area contributed by atoms with E-state index in [1.807, 2.05) is 0 Å². The lowest BCUT2D eigenvalue weighted by Crippen LogP contribution is -2.39. The molecule has 0 aliphatic carbocycles. The van der Waals surface area contributed by atoms with E-state index in [9.17, 15) is 32.3 Å². The van der Waals surface area contributed by atoms with Gasteiger partial charge in [0.1, 0.15) is 5.69 Å². The summed E-state index contributed by atoms with van der Waals surface area (Å²) in [7, 11) is 1.40. The molecule has 1 aliphatic heterocycles. The molecule has 11 heteroatoms. The number of fused-ring (bicyclic) bond motifs is 4. The number of ether oxygens (including phenoxy) is 1. The third kappa shape index (κ3) is 3.28. The van der Waals surface area contributed by atoms with Crippen molar-refractivity contribution in [1.82, 2.24) is 14.9 Å². The van der Waals surface area contributed by atoms with Crippen LogP contribution in [0.15, 0.2) is 35.1 Å². The molecule has 33 heavy (non-hydrogen) atoms. The Kier molecular flexibility index (Phi) is 4.76. The summed E-state index contributed by atoms with van der Waals surface area (Å²) in [6.45, 7) is -0.222. The van der Waals surface area contributed by atoms with E-state index in [1.54, 1.807) is 0 Å². The van der Waals surface area contributed by atoms with E-state index in [2.05, 4.69) is 9.97 Å². The Morgan fingerprint density at radius 1 is 1.00 bits per heavy atom. The summed E-state index contributed by atoms with van der Waals surface area (Å²) in [5, 5.41) is 10.4. The molecule has 170 valence electrons. The lowest BCUT2D eigenvalue weighted by molar-refractivity contribution is -0.129. The molecule has 2 aromatic heterocycles. The summed E-state index contributed by atoms with van der Waals surface area (Å²) >= 11 is 0. The fourth-order valence-corrected chi connectivity index (χ4v) is 4.14. The number of aromatic amines is 2. The second-order valence-electron chi connectivity index (χ2n) is 7.75. The molecule has 4 aromatic rings. The number of nitrogens with zero attached hydrogens (tertiary/aromatic N) is 1. The van der Waals surface area contributed by atoms with Gasteiger partial charge in [0.05, 0.1) is 23.7 Å². The molecule has 0 radical (unpaired) electrons. The normalized spacial score (nSPS) is 18.0. The zero-order chi connectivity index (χ0) is 23.6. The van der Waals surface area contributed by atoms with E-state index in [1.165, 1.54) is 18.0 Å². The molecule has 2 atom stereocenters. The Morgan fingerprint density at radius 2 is 1.64 bits per heavy atom. The molecule has 1 aliphatic rings. The molecule has 1 amide bonds. The van der Waals surface area contributed by atoms with Crippen LogP contribution in [0.25, 0.3) is 21.7 Å². The summed E-state index contributed by atoms with van der Waals surface area (Å²) < 4.78 is 60.2. The van der Waals surface area contributed by atoms with Crippen LogP contribution in [0.4, 0.5) is 17.6 Å². The fraction of sp³-hybridized carbons (Fsp3) is 0.182. The number of amides is 1. The van der Waals surface area contributed by atoms with Gasteiger partial charge in [-0.2, -0.15) is 0 Å². The number of likely N-dealkylation sites (N-methyl/N-ethyl adjacent to an activating group) is 1. The first-order chi connectivity index (χ1) is 15.7. The largest absolute Gasteiger partial charge is 0.363 e. The number of halogens is 4. The predicted molar refractivity (Wildman–Crippen MR) is 108 cm³/mol. The van der Waals surface area contributed by atoms with Crippen molar-refractivity contribution < 1.29 is 32.2 Å². The van der Waals surface area contributed by atoms with E-state index < -0.39 is 47.1 Å². The number of aliphatic hydroxyl groups is 1. The van der Waals surface area contributed by atoms with Gasteiger partial charge in [-0.3, -0.25) is 9.59 Å². The summed E-state index contributed by atoms with van der Waals surface area (Å²) in [5.74, 6) is -5.18. The number of benzene rings is 2. The van der Waals surface area contributed by atoms with Gasteiger partial charge in [-0.1, -0.05) is 0 Å². The van der Waals surface area contributed by atoms with Crippen molar-refractivity contribution in [2.75, 3.05) is 13.7 Å². The van der Waals surface area contributed by atoms with Gasteiger partial charge >= 0.3 is 0 Å². The number of aromatic nitrogens is 2. The first-order valence-corrected chi connectivity index (χ1v) is 9.75. The highest BCUT2D eigenvalue weighted by atomic mass is 19.2. The van der Waals surface area contributed by atoms with Crippen LogP contribution in [0.3, 0.4) is 0 Å². The second-order valence-corrected chi connectivity index (χ2v) is 7.75. The fourth-order valence-electron chi connectivity index (χ4n) is 4.14. The molecule has 0 saturated heterocycles. The molecule has 3 heterocycles. The monoisotopic (exact) mass is 461 g/mol. The third-order valence-electron chi connectivity index (χ3n) is 5.81. The first kappa shape index (κ1) is 21.2. The van der Waals surface area contributed by atoms with Crippen molar-refractivity contribution in [3.8, 4) is 0 Å². The minimum Gasteiger partial charge on any atom is -0.363 e. The van der Waals surface area contributed by atoms with Crippen LogP contribution in [0.5, 0.6) is 0 Å². The van der Waals surface area contributed by atoms with Crippen LogP contribution in [0.2, 0.25) is 0 Å². The van der Waals surface area contributed by atoms with Gasteiger partial charge in [-0.15, -0.1) is 0 Å². The van der Waals surface area contributed by atoms with E-state index in [0.717, 1.165) is 24.3 Å². The number of nitrogens with one attached hydrogen (secondary N) is 2. The van der Waals surface area contributed by atoms with Gasteiger partial charge in [0.15, 0.2) is 29.6 Å². The van der Waals surface area contributed by atoms with E-state index in [0.29, 0.717) is 0 Å². The Bertz CT molecular complexity index is 1470. The second kappa shape index (κ2) is 7.42. The molecule has 7 nitrogen and oxygen atoms in total. The van der Waals surface area contributed by atoms with Crippen LogP contribution in [-0.4, -0.2) is 39.5 Å². The number of pyridine rings is 1. The lowest BCUT2D eigenvalue weighted by Gasteiger charge is -2.35. The molecular formula is C22H15F4N3O4. The van der Waals surface area contributed by atoms with Gasteiger partial charge in [0.25, 0.3) is 11.5 Å². The quantitative estimate of drug-likeness (QED) is 0.399. The lowest BCUT2D eigenvalue weighted by atomic mass is 9.94. The van der Waals surface area contributed by atoms with Crippen molar-refractivity contribution in [1.29, 1.82) is 0 Å². The molecule has 3 N–H and O–H groups in total. The molecular weight excluding hydrogens is 446 g/mol. The van der Waals surface area contributed by atoms with Crippen LogP contribution in [0.1, 0.15) is 34.1 Å². The molecule has 2 aromatic carbocycles. The molecule has 1 unspecified atom stereocenters. The average molecular weight is 461 g/mol. The van der Waals surface area contributed by atoms with Gasteiger partial charge in [0, 0.05) is 29.6 Å².